The first-order chi connectivity index (χ1) is 12.5. The van der Waals surface area contributed by atoms with Gasteiger partial charge in [-0.05, 0) is 59.2 Å². The Morgan fingerprint density at radius 1 is 0.731 bits per heavy atom. The van der Waals surface area contributed by atoms with Crippen LogP contribution in [-0.2, 0) is 4.79 Å². The Labute approximate surface area is 164 Å². The fourth-order valence-electron chi connectivity index (χ4n) is 2.82. The molecule has 0 aromatic heterocycles. The van der Waals surface area contributed by atoms with E-state index in [2.05, 4.69) is 45.0 Å². The van der Waals surface area contributed by atoms with E-state index in [-0.39, 0.29) is 5.91 Å². The molecule has 0 aromatic carbocycles. The van der Waals surface area contributed by atoms with Gasteiger partial charge in [-0.3, -0.25) is 4.79 Å². The lowest BCUT2D eigenvalue weighted by molar-refractivity contribution is -0.118. The third kappa shape index (κ3) is 31.0. The predicted molar refractivity (Wildman–Crippen MR) is 117 cm³/mol. The molecule has 0 aromatic rings. The molecule has 0 aliphatic heterocycles. The topological polar surface area (TPSA) is 46.3 Å². The minimum absolute atomic E-state index is 0.164. The molecule has 1 amide bonds. The van der Waals surface area contributed by atoms with E-state index in [1.54, 1.807) is 0 Å². The first kappa shape index (κ1) is 27.4. The third-order valence-electron chi connectivity index (χ3n) is 4.36. The summed E-state index contributed by atoms with van der Waals surface area (Å²) in [6.07, 6.45) is 23.2. The molecule has 3 nitrogen and oxygen atoms in total. The smallest absolute Gasteiger partial charge is 0.217 e. The molecule has 0 atom stereocenters. The van der Waals surface area contributed by atoms with Crippen molar-refractivity contribution in [2.75, 3.05) is 20.6 Å². The molecule has 0 unspecified atom stereocenters. The van der Waals surface area contributed by atoms with E-state index in [4.69, 9.17) is 5.73 Å². The summed E-state index contributed by atoms with van der Waals surface area (Å²) in [5.74, 6) is -0.164. The van der Waals surface area contributed by atoms with Crippen LogP contribution in [0.5, 0.6) is 0 Å². The van der Waals surface area contributed by atoms with E-state index >= 15 is 0 Å². The second kappa shape index (κ2) is 24.2. The van der Waals surface area contributed by atoms with Crippen molar-refractivity contribution in [1.82, 2.24) is 4.90 Å². The van der Waals surface area contributed by atoms with Crippen molar-refractivity contribution in [1.29, 1.82) is 0 Å². The summed E-state index contributed by atoms with van der Waals surface area (Å²) >= 11 is 0. The van der Waals surface area contributed by atoms with Crippen LogP contribution in [0.15, 0.2) is 12.2 Å². The number of unbranched alkanes of at least 4 members (excludes halogenated alkanes) is 11. The van der Waals surface area contributed by atoms with Gasteiger partial charge >= 0.3 is 0 Å². The number of hydrogen-bond acceptors (Lipinski definition) is 2. The molecule has 3 heteroatoms. The fraction of sp³-hybridized carbons (Fsp3) is 0.870. The normalized spacial score (nSPS) is 11.0. The zero-order valence-electron chi connectivity index (χ0n) is 18.4. The van der Waals surface area contributed by atoms with Crippen molar-refractivity contribution in [3.8, 4) is 0 Å². The fourth-order valence-corrected chi connectivity index (χ4v) is 2.82. The number of allylic oxidation sites excluding steroid dienone is 2. The second-order valence-electron chi connectivity index (χ2n) is 7.60. The highest BCUT2D eigenvalue weighted by Crippen LogP contribution is 2.09. The summed E-state index contributed by atoms with van der Waals surface area (Å²) in [5, 5.41) is 0. The quantitative estimate of drug-likeness (QED) is 0.236. The summed E-state index contributed by atoms with van der Waals surface area (Å²) in [4.78, 5) is 12.7. The molecule has 26 heavy (non-hydrogen) atoms. The van der Waals surface area contributed by atoms with Crippen LogP contribution in [0.25, 0.3) is 0 Å². The van der Waals surface area contributed by atoms with Crippen LogP contribution in [0.4, 0.5) is 0 Å². The van der Waals surface area contributed by atoms with E-state index in [1.807, 2.05) is 0 Å². The van der Waals surface area contributed by atoms with Gasteiger partial charge in [-0.1, -0.05) is 77.4 Å². The van der Waals surface area contributed by atoms with Crippen molar-refractivity contribution in [3.63, 3.8) is 0 Å². The van der Waals surface area contributed by atoms with Gasteiger partial charge < -0.3 is 10.6 Å². The summed E-state index contributed by atoms with van der Waals surface area (Å²) in [7, 11) is 4.17. The van der Waals surface area contributed by atoms with Gasteiger partial charge in [0.25, 0.3) is 0 Å². The highest BCUT2D eigenvalue weighted by atomic mass is 16.1. The number of carbonyl (C=O) groups excluding carboxylic acids is 1. The van der Waals surface area contributed by atoms with Crippen LogP contribution in [0, 0.1) is 0 Å². The van der Waals surface area contributed by atoms with Gasteiger partial charge in [-0.2, -0.15) is 0 Å². The van der Waals surface area contributed by atoms with Gasteiger partial charge in [0.2, 0.25) is 5.91 Å². The van der Waals surface area contributed by atoms with Gasteiger partial charge in [0, 0.05) is 6.42 Å². The minimum Gasteiger partial charge on any atom is -0.370 e. The largest absolute Gasteiger partial charge is 0.370 e. The zero-order valence-corrected chi connectivity index (χ0v) is 18.4. The lowest BCUT2D eigenvalue weighted by Crippen LogP contribution is -2.11. The molecule has 2 N–H and O–H groups in total. The van der Waals surface area contributed by atoms with Crippen LogP contribution in [0.1, 0.15) is 110 Å². The number of primary amides is 1. The zero-order chi connectivity index (χ0) is 19.9. The van der Waals surface area contributed by atoms with E-state index in [1.165, 1.54) is 83.6 Å². The van der Waals surface area contributed by atoms with E-state index in [0.717, 1.165) is 12.8 Å². The van der Waals surface area contributed by atoms with Gasteiger partial charge in [0.15, 0.2) is 0 Å². The average molecular weight is 369 g/mol. The van der Waals surface area contributed by atoms with Crippen LogP contribution in [-0.4, -0.2) is 31.4 Å². The van der Waals surface area contributed by atoms with E-state index in [9.17, 15) is 4.79 Å². The van der Waals surface area contributed by atoms with Crippen molar-refractivity contribution >= 4 is 5.91 Å². The predicted octanol–water partition coefficient (Wildman–Crippen LogP) is 6.47. The molecule has 0 heterocycles. The SMILES string of the molecule is CCCCCCCCC=CCCCCCCCC(N)=O.CCCN(C)C. The summed E-state index contributed by atoms with van der Waals surface area (Å²) in [6.45, 7) is 5.65. The third-order valence-corrected chi connectivity index (χ3v) is 4.36. The standard InChI is InChI=1S/C18H35NO.C5H13N/c1-2-3-4-5-6-7-8-9-10-11-12-13-14-15-16-17-18(19)20;1-4-5-6(2)3/h9-10H,2-8,11-17H2,1H3,(H2,19,20);4-5H2,1-3H3. The summed E-state index contributed by atoms with van der Waals surface area (Å²) in [5.41, 5.74) is 5.10. The monoisotopic (exact) mass is 368 g/mol. The molecule has 0 saturated carbocycles. The lowest BCUT2D eigenvalue weighted by Gasteiger charge is -2.03. The van der Waals surface area contributed by atoms with Crippen molar-refractivity contribution in [2.24, 2.45) is 5.73 Å². The van der Waals surface area contributed by atoms with Gasteiger partial charge in [0.1, 0.15) is 0 Å². The lowest BCUT2D eigenvalue weighted by atomic mass is 10.1. The van der Waals surface area contributed by atoms with Crippen LogP contribution in [0.3, 0.4) is 0 Å². The Kier molecular flexibility index (Phi) is 25.5. The van der Waals surface area contributed by atoms with E-state index < -0.39 is 0 Å². The Bertz CT molecular complexity index is 301. The van der Waals surface area contributed by atoms with Crippen molar-refractivity contribution in [2.45, 2.75) is 110 Å². The number of amides is 1. The molecule has 0 radical (unpaired) electrons. The average Bonchev–Trinajstić information content (AvgIpc) is 2.58. The molecule has 0 bridgehead atoms. The molecular weight excluding hydrogens is 320 g/mol. The van der Waals surface area contributed by atoms with Crippen molar-refractivity contribution < 1.29 is 4.79 Å². The molecule has 0 saturated heterocycles. The van der Waals surface area contributed by atoms with Gasteiger partial charge in [0.05, 0.1) is 0 Å². The van der Waals surface area contributed by atoms with Crippen LogP contribution < -0.4 is 5.73 Å². The van der Waals surface area contributed by atoms with Crippen LogP contribution >= 0.6 is 0 Å². The molecular formula is C23H48N2O. The molecule has 0 aliphatic carbocycles. The Balaban J connectivity index is 0. The first-order valence-electron chi connectivity index (χ1n) is 11.1. The van der Waals surface area contributed by atoms with Crippen molar-refractivity contribution in [3.05, 3.63) is 12.2 Å². The summed E-state index contributed by atoms with van der Waals surface area (Å²) in [6, 6.07) is 0. The van der Waals surface area contributed by atoms with Crippen LogP contribution in [0.2, 0.25) is 0 Å². The maximum atomic E-state index is 10.5. The molecule has 0 spiro atoms. The van der Waals surface area contributed by atoms with Gasteiger partial charge in [-0.25, -0.2) is 0 Å². The number of rotatable bonds is 17. The number of hydrogen-bond donors (Lipinski definition) is 1. The summed E-state index contributed by atoms with van der Waals surface area (Å²) < 4.78 is 0. The number of carbonyl (C=O) groups is 1. The molecule has 0 rings (SSSR count). The maximum absolute atomic E-state index is 10.5. The highest BCUT2D eigenvalue weighted by Gasteiger charge is 1.94. The first-order valence-corrected chi connectivity index (χ1v) is 11.1. The Morgan fingerprint density at radius 3 is 1.58 bits per heavy atom. The maximum Gasteiger partial charge on any atom is 0.217 e. The number of nitrogens with zero attached hydrogens (tertiary/aromatic N) is 1. The van der Waals surface area contributed by atoms with E-state index in [0.29, 0.717) is 6.42 Å². The Morgan fingerprint density at radius 2 is 1.19 bits per heavy atom. The second-order valence-corrected chi connectivity index (χ2v) is 7.60. The molecule has 0 aliphatic rings. The number of nitrogens with two attached hydrogens (primary N) is 1. The molecule has 156 valence electrons. The van der Waals surface area contributed by atoms with Gasteiger partial charge in [-0.15, -0.1) is 0 Å². The highest BCUT2D eigenvalue weighted by molar-refractivity contribution is 5.73. The molecule has 0 fully saturated rings. The minimum atomic E-state index is -0.164. The Hall–Kier alpha value is -0.830.